The summed E-state index contributed by atoms with van der Waals surface area (Å²) in [4.78, 5) is 0. The van der Waals surface area contributed by atoms with Crippen LogP contribution in [-0.4, -0.2) is 6.54 Å². The fraction of sp³-hybridized carbons (Fsp3) is 0.308. The van der Waals surface area contributed by atoms with Crippen molar-refractivity contribution in [2.75, 3.05) is 11.9 Å². The van der Waals surface area contributed by atoms with Gasteiger partial charge in [-0.1, -0.05) is 12.1 Å². The van der Waals surface area contributed by atoms with Crippen molar-refractivity contribution in [3.8, 4) is 0 Å². The Kier molecular flexibility index (Phi) is 6.21. The average Bonchev–Trinajstić information content (AvgIpc) is 2.25. The molecule has 0 amide bonds. The molecule has 0 aromatic heterocycles. The molecule has 0 atom stereocenters. The molecule has 1 rings (SSSR count). The number of unbranched alkanes of at least 4 members (excludes halogenated alkanes) is 1. The predicted molar refractivity (Wildman–Crippen MR) is 75.2 cm³/mol. The predicted octanol–water partition coefficient (Wildman–Crippen LogP) is 4.21. The molecule has 0 saturated heterocycles. The maximum atomic E-state index is 3.42. The number of rotatable bonds is 5. The Bertz CT molecular complexity index is 351. The van der Waals surface area contributed by atoms with E-state index >= 15 is 0 Å². The number of para-hydroxylation sites is 1. The maximum absolute atomic E-state index is 3.42. The molecular formula is C13H16IN. The number of halogens is 1. The molecular weight excluding hydrogens is 297 g/mol. The molecule has 0 spiro atoms. The summed E-state index contributed by atoms with van der Waals surface area (Å²) >= 11 is 2.35. The summed E-state index contributed by atoms with van der Waals surface area (Å²) in [5, 5.41) is 3.42. The Morgan fingerprint density at radius 1 is 1.40 bits per heavy atom. The third-order valence-corrected chi connectivity index (χ3v) is 2.94. The maximum Gasteiger partial charge on any atom is 0.0475 e. The van der Waals surface area contributed by atoms with E-state index in [-0.39, 0.29) is 0 Å². The first kappa shape index (κ1) is 12.3. The Hall–Kier alpha value is -0.730. The highest BCUT2D eigenvalue weighted by atomic mass is 127. The first-order chi connectivity index (χ1) is 7.34. The van der Waals surface area contributed by atoms with Crippen LogP contribution in [0.4, 0.5) is 5.69 Å². The van der Waals surface area contributed by atoms with Gasteiger partial charge in [0.25, 0.3) is 0 Å². The highest BCUT2D eigenvalue weighted by Crippen LogP contribution is 2.16. The molecule has 2 heteroatoms. The van der Waals surface area contributed by atoms with Crippen molar-refractivity contribution in [2.24, 2.45) is 0 Å². The van der Waals surface area contributed by atoms with Crippen molar-refractivity contribution >= 4 is 28.3 Å². The van der Waals surface area contributed by atoms with Gasteiger partial charge in [0, 0.05) is 15.8 Å². The minimum absolute atomic E-state index is 1.02. The number of hydrogen-bond donors (Lipinski definition) is 1. The van der Waals surface area contributed by atoms with Gasteiger partial charge in [0.2, 0.25) is 0 Å². The molecule has 0 saturated carbocycles. The highest BCUT2D eigenvalue weighted by Gasteiger charge is 1.95. The molecule has 0 unspecified atom stereocenters. The molecule has 0 aliphatic carbocycles. The van der Waals surface area contributed by atoms with Crippen molar-refractivity contribution in [2.45, 2.75) is 19.8 Å². The van der Waals surface area contributed by atoms with Gasteiger partial charge in [-0.25, -0.2) is 0 Å². The van der Waals surface area contributed by atoms with E-state index in [1.54, 1.807) is 0 Å². The third-order valence-electron chi connectivity index (χ3n) is 2.00. The Morgan fingerprint density at radius 2 is 2.20 bits per heavy atom. The van der Waals surface area contributed by atoms with Gasteiger partial charge in [0.1, 0.15) is 0 Å². The summed E-state index contributed by atoms with van der Waals surface area (Å²) in [6.45, 7) is 3.00. The lowest BCUT2D eigenvalue weighted by atomic mass is 10.2. The van der Waals surface area contributed by atoms with Crippen LogP contribution in [0.2, 0.25) is 0 Å². The molecule has 80 valence electrons. The van der Waals surface area contributed by atoms with Crippen LogP contribution in [0.25, 0.3) is 0 Å². The number of anilines is 1. The van der Waals surface area contributed by atoms with E-state index in [2.05, 4.69) is 64.0 Å². The second-order valence-corrected chi connectivity index (χ2v) is 4.37. The van der Waals surface area contributed by atoms with E-state index in [1.165, 1.54) is 9.26 Å². The minimum atomic E-state index is 1.02. The number of benzene rings is 1. The van der Waals surface area contributed by atoms with Crippen LogP contribution in [-0.2, 0) is 0 Å². The fourth-order valence-electron chi connectivity index (χ4n) is 1.23. The molecule has 1 aromatic rings. The van der Waals surface area contributed by atoms with Gasteiger partial charge >= 0.3 is 0 Å². The lowest BCUT2D eigenvalue weighted by Gasteiger charge is -2.06. The fourth-order valence-corrected chi connectivity index (χ4v) is 1.81. The van der Waals surface area contributed by atoms with Gasteiger partial charge < -0.3 is 5.32 Å². The van der Waals surface area contributed by atoms with Crippen molar-refractivity contribution in [1.29, 1.82) is 0 Å². The summed E-state index contributed by atoms with van der Waals surface area (Å²) < 4.78 is 1.28. The molecule has 15 heavy (non-hydrogen) atoms. The van der Waals surface area contributed by atoms with E-state index in [0.717, 1.165) is 19.4 Å². The van der Waals surface area contributed by atoms with Gasteiger partial charge in [0.15, 0.2) is 0 Å². The SMILES string of the molecule is CC=C=CCCCNc1ccccc1I. The van der Waals surface area contributed by atoms with Crippen molar-refractivity contribution in [3.05, 3.63) is 45.7 Å². The first-order valence-electron chi connectivity index (χ1n) is 5.18. The standard InChI is InChI=1S/C13H16IN/c1-2-3-4-5-8-11-15-13-10-7-6-9-12(13)14/h2,4,6-7,9-10,15H,5,8,11H2,1H3. The smallest absolute Gasteiger partial charge is 0.0475 e. The van der Waals surface area contributed by atoms with Crippen LogP contribution in [0, 0.1) is 3.57 Å². The Morgan fingerprint density at radius 3 is 2.93 bits per heavy atom. The van der Waals surface area contributed by atoms with Gasteiger partial charge in [-0.2, -0.15) is 0 Å². The summed E-state index contributed by atoms with van der Waals surface area (Å²) in [5.74, 6) is 0. The monoisotopic (exact) mass is 313 g/mol. The van der Waals surface area contributed by atoms with Crippen molar-refractivity contribution in [1.82, 2.24) is 0 Å². The van der Waals surface area contributed by atoms with Gasteiger partial charge in [-0.05, 0) is 66.6 Å². The van der Waals surface area contributed by atoms with Crippen LogP contribution < -0.4 is 5.32 Å². The molecule has 1 nitrogen and oxygen atoms in total. The summed E-state index contributed by atoms with van der Waals surface area (Å²) in [7, 11) is 0. The normalized spacial score (nSPS) is 9.20. The molecule has 0 radical (unpaired) electrons. The van der Waals surface area contributed by atoms with Crippen LogP contribution >= 0.6 is 22.6 Å². The van der Waals surface area contributed by atoms with Crippen LogP contribution in [0.3, 0.4) is 0 Å². The first-order valence-corrected chi connectivity index (χ1v) is 6.26. The van der Waals surface area contributed by atoms with E-state index in [9.17, 15) is 0 Å². The van der Waals surface area contributed by atoms with Crippen LogP contribution in [0.5, 0.6) is 0 Å². The lowest BCUT2D eigenvalue weighted by molar-refractivity contribution is 0.889. The Labute approximate surface area is 105 Å². The third kappa shape index (κ3) is 5.05. The molecule has 0 aliphatic rings. The van der Waals surface area contributed by atoms with Gasteiger partial charge in [0.05, 0.1) is 0 Å². The second kappa shape index (κ2) is 7.55. The zero-order valence-electron chi connectivity index (χ0n) is 8.96. The molecule has 0 fully saturated rings. The van der Waals surface area contributed by atoms with E-state index in [4.69, 9.17) is 0 Å². The summed E-state index contributed by atoms with van der Waals surface area (Å²) in [6, 6.07) is 8.35. The molecule has 0 bridgehead atoms. The van der Waals surface area contributed by atoms with Gasteiger partial charge in [-0.15, -0.1) is 5.73 Å². The number of nitrogens with one attached hydrogen (secondary N) is 1. The molecule has 0 aliphatic heterocycles. The van der Waals surface area contributed by atoms with Crippen molar-refractivity contribution in [3.63, 3.8) is 0 Å². The second-order valence-electron chi connectivity index (χ2n) is 3.21. The van der Waals surface area contributed by atoms with Crippen LogP contribution in [0.1, 0.15) is 19.8 Å². The average molecular weight is 313 g/mol. The summed E-state index contributed by atoms with van der Waals surface area (Å²) in [5.41, 5.74) is 4.31. The zero-order chi connectivity index (χ0) is 10.9. The topological polar surface area (TPSA) is 12.0 Å². The molecule has 0 heterocycles. The largest absolute Gasteiger partial charge is 0.384 e. The van der Waals surface area contributed by atoms with Gasteiger partial charge in [-0.3, -0.25) is 0 Å². The van der Waals surface area contributed by atoms with E-state index < -0.39 is 0 Å². The highest BCUT2D eigenvalue weighted by molar-refractivity contribution is 14.1. The van der Waals surface area contributed by atoms with Crippen LogP contribution in [0.15, 0.2) is 42.1 Å². The molecule has 1 N–H and O–H groups in total. The van der Waals surface area contributed by atoms with Crippen molar-refractivity contribution < 1.29 is 0 Å². The molecule has 1 aromatic carbocycles. The quantitative estimate of drug-likeness (QED) is 0.488. The Balaban J connectivity index is 2.26. The van der Waals surface area contributed by atoms with E-state index in [1.807, 2.05) is 13.0 Å². The zero-order valence-corrected chi connectivity index (χ0v) is 11.1. The van der Waals surface area contributed by atoms with E-state index in [0.29, 0.717) is 0 Å². The summed E-state index contributed by atoms with van der Waals surface area (Å²) in [6.07, 6.45) is 6.25. The minimum Gasteiger partial charge on any atom is -0.384 e. The number of allylic oxidation sites excluding steroid dienone is 1. The lowest BCUT2D eigenvalue weighted by Crippen LogP contribution is -2.01. The number of hydrogen-bond acceptors (Lipinski definition) is 1.